The van der Waals surface area contributed by atoms with Crippen molar-refractivity contribution in [3.05, 3.63) is 29.8 Å². The molecular formula is C15H20N4O. The van der Waals surface area contributed by atoms with E-state index in [-0.39, 0.29) is 6.03 Å². The predicted molar refractivity (Wildman–Crippen MR) is 77.9 cm³/mol. The van der Waals surface area contributed by atoms with E-state index in [1.54, 1.807) is 24.3 Å². The van der Waals surface area contributed by atoms with E-state index in [0.29, 0.717) is 23.3 Å². The van der Waals surface area contributed by atoms with Gasteiger partial charge < -0.3 is 5.32 Å². The molecule has 1 saturated heterocycles. The van der Waals surface area contributed by atoms with Gasteiger partial charge in [-0.2, -0.15) is 5.26 Å². The highest BCUT2D eigenvalue weighted by Crippen LogP contribution is 2.20. The third-order valence-electron chi connectivity index (χ3n) is 3.70. The summed E-state index contributed by atoms with van der Waals surface area (Å²) in [4.78, 5) is 12.0. The number of hydrogen-bond donors (Lipinski definition) is 2. The minimum Gasteiger partial charge on any atom is -0.307 e. The van der Waals surface area contributed by atoms with Crippen molar-refractivity contribution in [3.8, 4) is 6.07 Å². The van der Waals surface area contributed by atoms with Gasteiger partial charge in [-0.3, -0.25) is 5.43 Å². The summed E-state index contributed by atoms with van der Waals surface area (Å²) in [6.07, 6.45) is 3.40. The molecule has 0 bridgehead atoms. The van der Waals surface area contributed by atoms with E-state index in [4.69, 9.17) is 5.26 Å². The number of hydrazine groups is 1. The van der Waals surface area contributed by atoms with Crippen LogP contribution in [-0.4, -0.2) is 23.1 Å². The van der Waals surface area contributed by atoms with Crippen LogP contribution in [0.2, 0.25) is 0 Å². The number of carbonyl (C=O) groups excluding carboxylic acids is 1. The first-order valence-corrected chi connectivity index (χ1v) is 6.96. The predicted octanol–water partition coefficient (Wildman–Crippen LogP) is 2.86. The second-order valence-electron chi connectivity index (χ2n) is 5.29. The number of nitriles is 1. The van der Waals surface area contributed by atoms with Gasteiger partial charge in [0, 0.05) is 17.8 Å². The van der Waals surface area contributed by atoms with Gasteiger partial charge in [0.2, 0.25) is 0 Å². The van der Waals surface area contributed by atoms with Crippen LogP contribution >= 0.6 is 0 Å². The molecular weight excluding hydrogens is 252 g/mol. The van der Waals surface area contributed by atoms with E-state index in [0.717, 1.165) is 12.8 Å². The first kappa shape index (κ1) is 14.4. The number of hydrogen-bond acceptors (Lipinski definition) is 3. The highest BCUT2D eigenvalue weighted by Gasteiger charge is 2.25. The molecule has 1 aliphatic rings. The molecule has 0 unspecified atom stereocenters. The largest absolute Gasteiger partial charge is 0.333 e. The number of nitrogens with zero attached hydrogens (tertiary/aromatic N) is 2. The summed E-state index contributed by atoms with van der Waals surface area (Å²) in [6, 6.07) is 9.32. The molecule has 2 N–H and O–H groups in total. The number of urea groups is 1. The first-order valence-electron chi connectivity index (χ1n) is 6.96. The second-order valence-corrected chi connectivity index (χ2v) is 5.29. The van der Waals surface area contributed by atoms with Gasteiger partial charge in [0.15, 0.2) is 0 Å². The van der Waals surface area contributed by atoms with E-state index in [1.165, 1.54) is 6.42 Å². The SMILES string of the molecule is C[C@@H]1CCC[C@H](C)N1NC(=O)Nc1ccc(C#N)cc1. The smallest absolute Gasteiger partial charge is 0.307 e. The number of benzene rings is 1. The first-order chi connectivity index (χ1) is 9.60. The summed E-state index contributed by atoms with van der Waals surface area (Å²) < 4.78 is 0. The molecule has 0 spiro atoms. The second kappa shape index (κ2) is 6.40. The number of amides is 2. The summed E-state index contributed by atoms with van der Waals surface area (Å²) in [6.45, 7) is 4.25. The van der Waals surface area contributed by atoms with Crippen molar-refractivity contribution in [3.63, 3.8) is 0 Å². The summed E-state index contributed by atoms with van der Waals surface area (Å²) in [5.41, 5.74) is 4.17. The monoisotopic (exact) mass is 272 g/mol. The van der Waals surface area contributed by atoms with Crippen molar-refractivity contribution < 1.29 is 4.79 Å². The topological polar surface area (TPSA) is 68.2 Å². The molecule has 2 amide bonds. The van der Waals surface area contributed by atoms with Gasteiger partial charge in [0.25, 0.3) is 0 Å². The Bertz CT molecular complexity index is 496. The molecule has 0 saturated carbocycles. The molecule has 5 nitrogen and oxygen atoms in total. The number of piperidine rings is 1. The average molecular weight is 272 g/mol. The minimum absolute atomic E-state index is 0.240. The molecule has 1 aromatic carbocycles. The van der Waals surface area contributed by atoms with Crippen LogP contribution in [0.15, 0.2) is 24.3 Å². The summed E-state index contributed by atoms with van der Waals surface area (Å²) in [7, 11) is 0. The zero-order valence-electron chi connectivity index (χ0n) is 11.9. The van der Waals surface area contributed by atoms with Crippen LogP contribution < -0.4 is 10.7 Å². The lowest BCUT2D eigenvalue weighted by Gasteiger charge is -2.38. The van der Waals surface area contributed by atoms with E-state index in [9.17, 15) is 4.79 Å². The third kappa shape index (κ3) is 3.49. The van der Waals surface area contributed by atoms with E-state index in [2.05, 4.69) is 24.6 Å². The van der Waals surface area contributed by atoms with E-state index in [1.807, 2.05) is 11.1 Å². The summed E-state index contributed by atoms with van der Waals surface area (Å²) >= 11 is 0. The molecule has 1 heterocycles. The molecule has 20 heavy (non-hydrogen) atoms. The highest BCUT2D eigenvalue weighted by atomic mass is 16.2. The molecule has 0 aliphatic carbocycles. The van der Waals surface area contributed by atoms with Crippen molar-refractivity contribution in [2.45, 2.75) is 45.2 Å². The van der Waals surface area contributed by atoms with Gasteiger partial charge >= 0.3 is 6.03 Å². The van der Waals surface area contributed by atoms with Crippen LogP contribution in [-0.2, 0) is 0 Å². The molecule has 1 fully saturated rings. The maximum atomic E-state index is 12.0. The van der Waals surface area contributed by atoms with Gasteiger partial charge in [-0.15, -0.1) is 0 Å². The number of nitrogens with one attached hydrogen (secondary N) is 2. The molecule has 2 rings (SSSR count). The third-order valence-corrected chi connectivity index (χ3v) is 3.70. The minimum atomic E-state index is -0.240. The Hall–Kier alpha value is -2.06. The van der Waals surface area contributed by atoms with Gasteiger partial charge in [0.05, 0.1) is 11.6 Å². The fourth-order valence-electron chi connectivity index (χ4n) is 2.55. The fourth-order valence-corrected chi connectivity index (χ4v) is 2.55. The Morgan fingerprint density at radius 1 is 1.25 bits per heavy atom. The lowest BCUT2D eigenvalue weighted by molar-refractivity contribution is 0.0625. The molecule has 106 valence electrons. The van der Waals surface area contributed by atoms with Crippen LogP contribution in [0.3, 0.4) is 0 Å². The highest BCUT2D eigenvalue weighted by molar-refractivity contribution is 5.88. The van der Waals surface area contributed by atoms with Crippen LogP contribution in [0.5, 0.6) is 0 Å². The average Bonchev–Trinajstić information content (AvgIpc) is 2.44. The molecule has 0 aromatic heterocycles. The zero-order chi connectivity index (χ0) is 14.5. The van der Waals surface area contributed by atoms with Crippen LogP contribution in [0, 0.1) is 11.3 Å². The van der Waals surface area contributed by atoms with Gasteiger partial charge in [0.1, 0.15) is 0 Å². The molecule has 1 aliphatic heterocycles. The Balaban J connectivity index is 1.92. The lowest BCUT2D eigenvalue weighted by Crippen LogP contribution is -2.55. The van der Waals surface area contributed by atoms with E-state index < -0.39 is 0 Å². The fraction of sp³-hybridized carbons (Fsp3) is 0.467. The standard InChI is InChI=1S/C15H20N4O/c1-11-4-3-5-12(2)19(11)18-15(20)17-14-8-6-13(10-16)7-9-14/h6-9,11-12H,3-5H2,1-2H3,(H2,17,18,20)/t11-,12+. The van der Waals surface area contributed by atoms with Crippen molar-refractivity contribution in [2.24, 2.45) is 0 Å². The maximum Gasteiger partial charge on any atom is 0.333 e. The van der Waals surface area contributed by atoms with Gasteiger partial charge in [-0.25, -0.2) is 9.80 Å². The number of carbonyl (C=O) groups is 1. The Kier molecular flexibility index (Phi) is 4.59. The maximum absolute atomic E-state index is 12.0. The summed E-state index contributed by atoms with van der Waals surface area (Å²) in [5.74, 6) is 0. The number of anilines is 1. The quantitative estimate of drug-likeness (QED) is 0.869. The van der Waals surface area contributed by atoms with Gasteiger partial charge in [-0.05, 0) is 51.0 Å². The van der Waals surface area contributed by atoms with Crippen LogP contribution in [0.25, 0.3) is 0 Å². The van der Waals surface area contributed by atoms with Crippen molar-refractivity contribution in [1.82, 2.24) is 10.4 Å². The number of rotatable bonds is 2. The summed E-state index contributed by atoms with van der Waals surface area (Å²) in [5, 5.41) is 13.5. The van der Waals surface area contributed by atoms with Crippen molar-refractivity contribution >= 4 is 11.7 Å². The Morgan fingerprint density at radius 3 is 2.40 bits per heavy atom. The van der Waals surface area contributed by atoms with Crippen LogP contribution in [0.4, 0.5) is 10.5 Å². The molecule has 0 radical (unpaired) electrons. The lowest BCUT2D eigenvalue weighted by atomic mass is 10.00. The van der Waals surface area contributed by atoms with E-state index >= 15 is 0 Å². The normalized spacial score (nSPS) is 22.9. The molecule has 1 aromatic rings. The zero-order valence-corrected chi connectivity index (χ0v) is 11.9. The van der Waals surface area contributed by atoms with Crippen LogP contribution in [0.1, 0.15) is 38.7 Å². The molecule has 5 heteroatoms. The van der Waals surface area contributed by atoms with Crippen molar-refractivity contribution in [2.75, 3.05) is 5.32 Å². The van der Waals surface area contributed by atoms with Gasteiger partial charge in [-0.1, -0.05) is 6.42 Å². The van der Waals surface area contributed by atoms with Crippen molar-refractivity contribution in [1.29, 1.82) is 5.26 Å². The molecule has 2 atom stereocenters. The Morgan fingerprint density at radius 2 is 1.85 bits per heavy atom. The Labute approximate surface area is 119 Å².